The molecule has 6 heteroatoms. The van der Waals surface area contributed by atoms with E-state index in [4.69, 9.17) is 16.5 Å². The van der Waals surface area contributed by atoms with E-state index in [9.17, 15) is 0 Å². The quantitative estimate of drug-likeness (QED) is 0.176. The van der Waals surface area contributed by atoms with Gasteiger partial charge in [-0.1, -0.05) is 72.8 Å². The number of rotatable bonds is 4. The van der Waals surface area contributed by atoms with Gasteiger partial charge in [-0.25, -0.2) is 14.8 Å². The van der Waals surface area contributed by atoms with Gasteiger partial charge in [0.05, 0.1) is 38.0 Å². The largest absolute Gasteiger partial charge is 0.309 e. The van der Waals surface area contributed by atoms with Crippen molar-refractivity contribution in [3.8, 4) is 38.0 Å². The van der Waals surface area contributed by atoms with Crippen LogP contribution in [0.1, 0.15) is 0 Å². The first-order valence-corrected chi connectivity index (χ1v) is 17.6. The summed E-state index contributed by atoms with van der Waals surface area (Å²) in [5, 5.41) is 6.75. The highest BCUT2D eigenvalue weighted by atomic mass is 32.1. The average molecular weight is 661 g/mol. The molecule has 0 radical (unpaired) electrons. The zero-order chi connectivity index (χ0) is 32.5. The molecule has 0 fully saturated rings. The van der Waals surface area contributed by atoms with Crippen molar-refractivity contribution >= 4 is 81.4 Å². The van der Waals surface area contributed by atoms with Gasteiger partial charge in [0.1, 0.15) is 10.0 Å². The molecule has 228 valence electrons. The molecule has 10 aromatic rings. The number of fused-ring (bicyclic) bond motifs is 6. The Balaban J connectivity index is 1.18. The number of hydrogen-bond acceptors (Lipinski definition) is 4. The molecule has 0 aliphatic carbocycles. The van der Waals surface area contributed by atoms with Gasteiger partial charge in [-0.3, -0.25) is 0 Å². The second-order valence-electron chi connectivity index (χ2n) is 12.1. The Hall–Kier alpha value is -6.13. The van der Waals surface area contributed by atoms with Crippen LogP contribution >= 0.6 is 22.7 Å². The van der Waals surface area contributed by atoms with Crippen LogP contribution in [0.3, 0.4) is 0 Å². The first-order chi connectivity index (χ1) is 24.2. The van der Waals surface area contributed by atoms with Crippen LogP contribution in [0.4, 0.5) is 5.69 Å². The summed E-state index contributed by atoms with van der Waals surface area (Å²) < 4.78 is 4.76. The van der Waals surface area contributed by atoms with Gasteiger partial charge in [0, 0.05) is 27.6 Å². The lowest BCUT2D eigenvalue weighted by molar-refractivity contribution is 1.19. The van der Waals surface area contributed by atoms with Crippen LogP contribution in [-0.2, 0) is 0 Å². The van der Waals surface area contributed by atoms with Crippen LogP contribution in [0.5, 0.6) is 0 Å². The van der Waals surface area contributed by atoms with Gasteiger partial charge in [-0.15, -0.1) is 22.7 Å². The molecule has 3 heterocycles. The third-order valence-corrected chi connectivity index (χ3v) is 11.4. The lowest BCUT2D eigenvalue weighted by Gasteiger charge is -2.12. The molecule has 0 saturated heterocycles. The van der Waals surface area contributed by atoms with Gasteiger partial charge in [-0.2, -0.15) is 0 Å². The van der Waals surface area contributed by atoms with Gasteiger partial charge in [0.15, 0.2) is 5.69 Å². The lowest BCUT2D eigenvalue weighted by atomic mass is 9.97. The Kier molecular flexibility index (Phi) is 6.25. The summed E-state index contributed by atoms with van der Waals surface area (Å²) in [7, 11) is 0. The summed E-state index contributed by atoms with van der Waals surface area (Å²) in [5.41, 5.74) is 10.6. The van der Waals surface area contributed by atoms with E-state index in [1.165, 1.54) is 25.6 Å². The zero-order valence-electron chi connectivity index (χ0n) is 26.0. The number of benzene rings is 7. The van der Waals surface area contributed by atoms with Crippen LogP contribution in [0, 0.1) is 6.57 Å². The van der Waals surface area contributed by atoms with Crippen molar-refractivity contribution < 1.29 is 0 Å². The van der Waals surface area contributed by atoms with Crippen molar-refractivity contribution in [3.63, 3.8) is 0 Å². The van der Waals surface area contributed by atoms with Crippen LogP contribution in [0.15, 0.2) is 146 Å². The second kappa shape index (κ2) is 11.0. The van der Waals surface area contributed by atoms with Crippen LogP contribution in [-0.4, -0.2) is 14.5 Å². The van der Waals surface area contributed by atoms with Crippen molar-refractivity contribution in [2.75, 3.05) is 0 Å². The number of hydrogen-bond donors (Lipinski definition) is 0. The molecule has 0 unspecified atom stereocenters. The van der Waals surface area contributed by atoms with Crippen molar-refractivity contribution in [2.24, 2.45) is 0 Å². The number of aromatic nitrogens is 3. The van der Waals surface area contributed by atoms with Crippen LogP contribution in [0.25, 0.3) is 95.8 Å². The SMILES string of the molecule is [C-]#[N+]c1ccc(-c2cccc3cc(-n4c5ccc(-c6nc7ccccc7s6)cc5c5cc(-c6nc7ccccc7s6)ccc54)ccc23)cc1. The molecule has 0 saturated carbocycles. The predicted octanol–water partition coefficient (Wildman–Crippen LogP) is 12.7. The maximum absolute atomic E-state index is 7.33. The topological polar surface area (TPSA) is 35.1 Å². The monoisotopic (exact) mass is 660 g/mol. The summed E-state index contributed by atoms with van der Waals surface area (Å²) in [5.74, 6) is 0. The number of thiazole rings is 2. The number of para-hydroxylation sites is 2. The van der Waals surface area contributed by atoms with E-state index in [-0.39, 0.29) is 0 Å². The van der Waals surface area contributed by atoms with Crippen molar-refractivity contribution in [1.82, 2.24) is 14.5 Å². The van der Waals surface area contributed by atoms with E-state index in [1.54, 1.807) is 22.7 Å². The third-order valence-electron chi connectivity index (χ3n) is 9.28. The molecule has 3 aromatic heterocycles. The highest BCUT2D eigenvalue weighted by molar-refractivity contribution is 7.22. The molecule has 0 bridgehead atoms. The van der Waals surface area contributed by atoms with Gasteiger partial charge in [0.25, 0.3) is 0 Å². The van der Waals surface area contributed by atoms with Gasteiger partial charge in [-0.05, 0) is 94.7 Å². The molecule has 49 heavy (non-hydrogen) atoms. The zero-order valence-corrected chi connectivity index (χ0v) is 27.6. The van der Waals surface area contributed by atoms with E-state index in [0.717, 1.165) is 65.4 Å². The second-order valence-corrected chi connectivity index (χ2v) is 14.2. The molecule has 0 amide bonds. The Morgan fingerprint density at radius 2 is 1.10 bits per heavy atom. The van der Waals surface area contributed by atoms with Gasteiger partial charge in [0.2, 0.25) is 0 Å². The fraction of sp³-hybridized carbons (Fsp3) is 0. The fourth-order valence-electron chi connectivity index (χ4n) is 6.94. The molecule has 0 atom stereocenters. The molecular formula is C43H24N4S2. The average Bonchev–Trinajstić information content (AvgIpc) is 3.88. The molecule has 4 nitrogen and oxygen atoms in total. The molecule has 0 spiro atoms. The minimum atomic E-state index is 0.648. The minimum absolute atomic E-state index is 0.648. The molecule has 0 N–H and O–H groups in total. The highest BCUT2D eigenvalue weighted by Gasteiger charge is 2.17. The standard InChI is InChI=1S/C43H24N4S2/c1-44-30-17-13-26(14-18-30)32-8-6-7-27-23-31(19-20-33(27)32)47-38-21-15-28(42-45-36-9-2-4-11-40(36)48-42)24-34(38)35-25-29(16-22-39(35)47)43-46-37-10-3-5-12-41(37)49-43/h2-25H. The smallest absolute Gasteiger partial charge is 0.187 e. The lowest BCUT2D eigenvalue weighted by Crippen LogP contribution is -1.94. The van der Waals surface area contributed by atoms with Crippen molar-refractivity contribution in [1.29, 1.82) is 0 Å². The third kappa shape index (κ3) is 4.56. The fourth-order valence-corrected chi connectivity index (χ4v) is 8.86. The van der Waals surface area contributed by atoms with Gasteiger partial charge < -0.3 is 4.57 Å². The van der Waals surface area contributed by atoms with Crippen LogP contribution < -0.4 is 0 Å². The van der Waals surface area contributed by atoms with E-state index in [1.807, 2.05) is 36.4 Å². The Bertz CT molecular complexity index is 2760. The van der Waals surface area contributed by atoms with Crippen molar-refractivity contribution in [2.45, 2.75) is 0 Å². The normalized spacial score (nSPS) is 11.7. The highest BCUT2D eigenvalue weighted by Crippen LogP contribution is 2.40. The summed E-state index contributed by atoms with van der Waals surface area (Å²) in [6.07, 6.45) is 0. The van der Waals surface area contributed by atoms with E-state index in [0.29, 0.717) is 5.69 Å². The van der Waals surface area contributed by atoms with E-state index < -0.39 is 0 Å². The van der Waals surface area contributed by atoms with Crippen molar-refractivity contribution in [3.05, 3.63) is 157 Å². The van der Waals surface area contributed by atoms with E-state index in [2.05, 4.69) is 119 Å². The first kappa shape index (κ1) is 27.9. The first-order valence-electron chi connectivity index (χ1n) is 16.0. The van der Waals surface area contributed by atoms with E-state index >= 15 is 0 Å². The summed E-state index contributed by atoms with van der Waals surface area (Å²) >= 11 is 3.46. The molecule has 0 aliphatic heterocycles. The molecule has 0 aliphatic rings. The van der Waals surface area contributed by atoms with Crippen LogP contribution in [0.2, 0.25) is 0 Å². The minimum Gasteiger partial charge on any atom is -0.309 e. The summed E-state index contributed by atoms with van der Waals surface area (Å²) in [4.78, 5) is 13.5. The molecule has 7 aromatic carbocycles. The Morgan fingerprint density at radius 1 is 0.510 bits per heavy atom. The maximum Gasteiger partial charge on any atom is 0.187 e. The summed E-state index contributed by atoms with van der Waals surface area (Å²) in [6, 6.07) is 51.2. The van der Waals surface area contributed by atoms with Gasteiger partial charge >= 0.3 is 0 Å². The predicted molar refractivity (Wildman–Crippen MR) is 207 cm³/mol. The Labute approximate surface area is 289 Å². The Morgan fingerprint density at radius 3 is 1.69 bits per heavy atom. The summed E-state index contributed by atoms with van der Waals surface area (Å²) in [6.45, 7) is 7.33. The maximum atomic E-state index is 7.33. The number of nitrogens with zero attached hydrogens (tertiary/aromatic N) is 4. The molecular weight excluding hydrogens is 637 g/mol. The molecule has 10 rings (SSSR count).